The van der Waals surface area contributed by atoms with Crippen LogP contribution in [0.3, 0.4) is 0 Å². The van der Waals surface area contributed by atoms with Crippen LogP contribution in [0.5, 0.6) is 0 Å². The van der Waals surface area contributed by atoms with E-state index in [0.717, 1.165) is 12.0 Å². The number of hydrogen-bond acceptors (Lipinski definition) is 7. The molecule has 0 unspecified atom stereocenters. The lowest BCUT2D eigenvalue weighted by Gasteiger charge is -2.36. The molecule has 190 valence electrons. The fourth-order valence-corrected chi connectivity index (χ4v) is 4.84. The molecule has 2 amide bonds. The molecule has 3 rings (SSSR count). The van der Waals surface area contributed by atoms with E-state index in [0.29, 0.717) is 50.2 Å². The summed E-state index contributed by atoms with van der Waals surface area (Å²) in [5.74, 6) is -0.188. The number of nitrogens with two attached hydrogens (primary N) is 1. The van der Waals surface area contributed by atoms with Crippen LogP contribution in [0.1, 0.15) is 50.5 Å². The first kappa shape index (κ1) is 26.7. The molecular formula is C26H35N3O5S. The molecule has 0 aliphatic carbocycles. The van der Waals surface area contributed by atoms with E-state index in [-0.39, 0.29) is 36.0 Å². The molecule has 0 bridgehead atoms. The maximum atomic E-state index is 12.9. The Morgan fingerprint density at radius 1 is 1.20 bits per heavy atom. The third kappa shape index (κ3) is 7.81. The zero-order valence-corrected chi connectivity index (χ0v) is 20.9. The predicted octanol–water partition coefficient (Wildman–Crippen LogP) is 4.00. The van der Waals surface area contributed by atoms with E-state index in [1.54, 1.807) is 23.5 Å². The Morgan fingerprint density at radius 2 is 2.03 bits per heavy atom. The van der Waals surface area contributed by atoms with Gasteiger partial charge in [-0.1, -0.05) is 12.1 Å². The molecule has 0 saturated carbocycles. The van der Waals surface area contributed by atoms with Gasteiger partial charge in [-0.2, -0.15) is 11.3 Å². The SMILES string of the molecule is CCO[C@H]1OC(C(=O)NCCCCC(=O)Nc2ccccc2N)=C[C@@H](c2ccsc2)[C@H]1CCCO. The second kappa shape index (κ2) is 13.9. The van der Waals surface area contributed by atoms with Gasteiger partial charge in [0.25, 0.3) is 5.91 Å². The van der Waals surface area contributed by atoms with Gasteiger partial charge < -0.3 is 30.9 Å². The molecule has 8 nitrogen and oxygen atoms in total. The number of nitrogens with one attached hydrogen (secondary N) is 2. The van der Waals surface area contributed by atoms with Crippen LogP contribution in [0, 0.1) is 5.92 Å². The van der Waals surface area contributed by atoms with E-state index in [9.17, 15) is 14.7 Å². The fourth-order valence-electron chi connectivity index (χ4n) is 4.13. The Hall–Kier alpha value is -2.88. The fraction of sp³-hybridized carbons (Fsp3) is 0.462. The molecule has 35 heavy (non-hydrogen) atoms. The molecular weight excluding hydrogens is 466 g/mol. The Kier molecular flexibility index (Phi) is 10.6. The zero-order valence-electron chi connectivity index (χ0n) is 20.1. The van der Waals surface area contributed by atoms with Gasteiger partial charge in [0.15, 0.2) is 5.76 Å². The van der Waals surface area contributed by atoms with Crippen molar-refractivity contribution in [3.05, 3.63) is 58.5 Å². The van der Waals surface area contributed by atoms with Crippen LogP contribution in [0.4, 0.5) is 11.4 Å². The lowest BCUT2D eigenvalue weighted by Crippen LogP contribution is -2.39. The number of carbonyl (C=O) groups excluding carboxylic acids is 2. The largest absolute Gasteiger partial charge is 0.459 e. The molecule has 9 heteroatoms. The standard InChI is InChI=1S/C26H35N3O5S/c1-2-33-26-19(8-7-14-30)20(18-12-15-35-17-18)16-23(34-26)25(32)28-13-6-5-11-24(31)29-22-10-4-3-9-21(22)27/h3-4,9-10,12,15-17,19-20,26,30H,2,5-8,11,13-14,27H2,1H3,(H,28,32)(H,29,31)/t19-,20+,26+/m1/s1. The number of carbonyl (C=O) groups is 2. The number of rotatable bonds is 13. The molecule has 1 aromatic carbocycles. The first-order valence-electron chi connectivity index (χ1n) is 12.1. The van der Waals surface area contributed by atoms with Gasteiger partial charge in [-0.15, -0.1) is 0 Å². The molecule has 1 aliphatic heterocycles. The minimum absolute atomic E-state index is 0.00501. The maximum Gasteiger partial charge on any atom is 0.286 e. The summed E-state index contributed by atoms with van der Waals surface area (Å²) in [6.45, 7) is 2.88. The summed E-state index contributed by atoms with van der Waals surface area (Å²) in [5, 5.41) is 19.1. The maximum absolute atomic E-state index is 12.9. The van der Waals surface area contributed by atoms with E-state index < -0.39 is 6.29 Å². The Bertz CT molecular complexity index is 979. The van der Waals surface area contributed by atoms with Crippen molar-refractivity contribution in [2.75, 3.05) is 30.8 Å². The first-order valence-corrected chi connectivity index (χ1v) is 13.0. The lowest BCUT2D eigenvalue weighted by atomic mass is 9.81. The van der Waals surface area contributed by atoms with Crippen LogP contribution in [0.15, 0.2) is 52.9 Å². The van der Waals surface area contributed by atoms with Crippen molar-refractivity contribution in [3.8, 4) is 0 Å². The first-order chi connectivity index (χ1) is 17.0. The van der Waals surface area contributed by atoms with Gasteiger partial charge in [0.1, 0.15) is 0 Å². The molecule has 0 saturated heterocycles. The normalized spacial score (nSPS) is 19.5. The molecule has 2 aromatic rings. The summed E-state index contributed by atoms with van der Waals surface area (Å²) in [7, 11) is 0. The number of aliphatic hydroxyl groups excluding tert-OH is 1. The zero-order chi connectivity index (χ0) is 25.0. The van der Waals surface area contributed by atoms with E-state index in [1.807, 2.05) is 30.5 Å². The molecule has 0 fully saturated rings. The Labute approximate surface area is 210 Å². The summed E-state index contributed by atoms with van der Waals surface area (Å²) in [6.07, 6.45) is 4.29. The average Bonchev–Trinajstić information content (AvgIpc) is 3.39. The van der Waals surface area contributed by atoms with Crippen molar-refractivity contribution < 1.29 is 24.2 Å². The van der Waals surface area contributed by atoms with E-state index in [4.69, 9.17) is 15.2 Å². The molecule has 3 atom stereocenters. The number of unbranched alkanes of at least 4 members (excludes halogenated alkanes) is 1. The monoisotopic (exact) mass is 501 g/mol. The number of amides is 2. The summed E-state index contributed by atoms with van der Waals surface area (Å²) in [4.78, 5) is 25.0. The number of aliphatic hydroxyl groups is 1. The third-order valence-corrected chi connectivity index (χ3v) is 6.62. The number of para-hydroxylation sites is 2. The van der Waals surface area contributed by atoms with Gasteiger partial charge in [-0.05, 0) is 73.2 Å². The van der Waals surface area contributed by atoms with Crippen LogP contribution >= 0.6 is 11.3 Å². The van der Waals surface area contributed by atoms with E-state index in [1.165, 1.54) is 0 Å². The summed E-state index contributed by atoms with van der Waals surface area (Å²) >= 11 is 1.61. The molecule has 2 heterocycles. The number of ether oxygens (including phenoxy) is 2. The third-order valence-electron chi connectivity index (χ3n) is 5.91. The van der Waals surface area contributed by atoms with Crippen molar-refractivity contribution in [2.45, 2.75) is 51.2 Å². The highest BCUT2D eigenvalue weighted by atomic mass is 32.1. The summed E-state index contributed by atoms with van der Waals surface area (Å²) in [6, 6.07) is 9.18. The van der Waals surface area contributed by atoms with Crippen LogP contribution in [-0.2, 0) is 19.1 Å². The van der Waals surface area contributed by atoms with Gasteiger partial charge in [0.05, 0.1) is 11.4 Å². The van der Waals surface area contributed by atoms with Crippen molar-refractivity contribution >= 4 is 34.5 Å². The van der Waals surface area contributed by atoms with Gasteiger partial charge in [-0.25, -0.2) is 0 Å². The number of anilines is 2. The van der Waals surface area contributed by atoms with Gasteiger partial charge in [0.2, 0.25) is 12.2 Å². The van der Waals surface area contributed by atoms with Gasteiger partial charge in [-0.3, -0.25) is 9.59 Å². The number of nitrogen functional groups attached to an aromatic ring is 1. The lowest BCUT2D eigenvalue weighted by molar-refractivity contribution is -0.166. The number of hydrogen-bond donors (Lipinski definition) is 4. The van der Waals surface area contributed by atoms with Gasteiger partial charge in [0, 0.05) is 38.0 Å². The highest BCUT2D eigenvalue weighted by Gasteiger charge is 2.37. The van der Waals surface area contributed by atoms with Crippen LogP contribution < -0.4 is 16.4 Å². The predicted molar refractivity (Wildman–Crippen MR) is 138 cm³/mol. The average molecular weight is 502 g/mol. The summed E-state index contributed by atoms with van der Waals surface area (Å²) in [5.41, 5.74) is 8.10. The smallest absolute Gasteiger partial charge is 0.286 e. The van der Waals surface area contributed by atoms with Crippen molar-refractivity contribution in [1.29, 1.82) is 0 Å². The quantitative estimate of drug-likeness (QED) is 0.243. The van der Waals surface area contributed by atoms with E-state index >= 15 is 0 Å². The Balaban J connectivity index is 1.52. The molecule has 0 spiro atoms. The van der Waals surface area contributed by atoms with Crippen molar-refractivity contribution in [1.82, 2.24) is 5.32 Å². The van der Waals surface area contributed by atoms with Crippen LogP contribution in [0.25, 0.3) is 0 Å². The van der Waals surface area contributed by atoms with Crippen LogP contribution in [0.2, 0.25) is 0 Å². The van der Waals surface area contributed by atoms with Crippen molar-refractivity contribution in [2.24, 2.45) is 5.92 Å². The van der Waals surface area contributed by atoms with E-state index in [2.05, 4.69) is 22.1 Å². The molecule has 1 aliphatic rings. The van der Waals surface area contributed by atoms with Crippen LogP contribution in [-0.4, -0.2) is 43.0 Å². The molecule has 0 radical (unpaired) electrons. The number of allylic oxidation sites excluding steroid dienone is 1. The molecule has 1 aromatic heterocycles. The highest BCUT2D eigenvalue weighted by molar-refractivity contribution is 7.08. The highest BCUT2D eigenvalue weighted by Crippen LogP contribution is 2.40. The minimum Gasteiger partial charge on any atom is -0.459 e. The van der Waals surface area contributed by atoms with Gasteiger partial charge >= 0.3 is 0 Å². The van der Waals surface area contributed by atoms with Crippen molar-refractivity contribution in [3.63, 3.8) is 0 Å². The Morgan fingerprint density at radius 3 is 2.74 bits per heavy atom. The number of benzene rings is 1. The second-order valence-electron chi connectivity index (χ2n) is 8.43. The second-order valence-corrected chi connectivity index (χ2v) is 9.21. The minimum atomic E-state index is -0.559. The molecule has 5 N–H and O–H groups in total. The topological polar surface area (TPSA) is 123 Å². The summed E-state index contributed by atoms with van der Waals surface area (Å²) < 4.78 is 11.8. The number of thiophene rings is 1.